The normalized spacial score (nSPS) is 21.0. The number of hydrogen-bond acceptors (Lipinski definition) is 2. The van der Waals surface area contributed by atoms with Crippen molar-refractivity contribution in [3.63, 3.8) is 0 Å². The third kappa shape index (κ3) is 5.76. The molecule has 0 aliphatic heterocycles. The Labute approximate surface area is 151 Å². The van der Waals surface area contributed by atoms with E-state index in [0.717, 1.165) is 19.0 Å². The summed E-state index contributed by atoms with van der Waals surface area (Å²) in [7, 11) is 3.53. The lowest BCUT2D eigenvalue weighted by atomic mass is 10.1. The third-order valence-corrected chi connectivity index (χ3v) is 4.14. The summed E-state index contributed by atoms with van der Waals surface area (Å²) in [5, 5.41) is 6.72. The van der Waals surface area contributed by atoms with Crippen LogP contribution in [0.1, 0.15) is 31.7 Å². The van der Waals surface area contributed by atoms with Gasteiger partial charge in [-0.1, -0.05) is 30.3 Å². The summed E-state index contributed by atoms with van der Waals surface area (Å²) < 4.78 is 5.40. The predicted octanol–water partition coefficient (Wildman–Crippen LogP) is 3.00. The molecular formula is C17H28IN3O. The van der Waals surface area contributed by atoms with Crippen molar-refractivity contribution in [2.45, 2.75) is 31.8 Å². The first kappa shape index (κ1) is 19.2. The van der Waals surface area contributed by atoms with Gasteiger partial charge in [0.2, 0.25) is 0 Å². The molecule has 0 heterocycles. The highest BCUT2D eigenvalue weighted by molar-refractivity contribution is 14.0. The van der Waals surface area contributed by atoms with E-state index >= 15 is 0 Å². The van der Waals surface area contributed by atoms with Crippen LogP contribution in [0.5, 0.6) is 0 Å². The van der Waals surface area contributed by atoms with E-state index in [4.69, 9.17) is 4.74 Å². The largest absolute Gasteiger partial charge is 0.377 e. The fraction of sp³-hybridized carbons (Fsp3) is 0.588. The third-order valence-electron chi connectivity index (χ3n) is 4.14. The smallest absolute Gasteiger partial charge is 0.191 e. The molecule has 1 saturated carbocycles. The number of rotatable bonds is 6. The van der Waals surface area contributed by atoms with Gasteiger partial charge in [-0.05, 0) is 37.7 Å². The van der Waals surface area contributed by atoms with Crippen LogP contribution < -0.4 is 10.6 Å². The van der Waals surface area contributed by atoms with Gasteiger partial charge in [0.25, 0.3) is 0 Å². The van der Waals surface area contributed by atoms with Crippen molar-refractivity contribution < 1.29 is 4.74 Å². The molecule has 0 bridgehead atoms. The lowest BCUT2D eigenvalue weighted by Gasteiger charge is -2.24. The fourth-order valence-corrected chi connectivity index (χ4v) is 2.40. The Morgan fingerprint density at radius 1 is 1.27 bits per heavy atom. The van der Waals surface area contributed by atoms with Gasteiger partial charge in [-0.15, -0.1) is 24.0 Å². The number of hydrogen-bond donors (Lipinski definition) is 2. The minimum Gasteiger partial charge on any atom is -0.377 e. The molecule has 124 valence electrons. The average Bonchev–Trinajstić information content (AvgIpc) is 3.28. The summed E-state index contributed by atoms with van der Waals surface area (Å²) in [5.74, 6) is 2.26. The minimum atomic E-state index is -0.191. The molecule has 0 radical (unpaired) electrons. The predicted molar refractivity (Wildman–Crippen MR) is 103 cm³/mol. The fourth-order valence-electron chi connectivity index (χ4n) is 2.40. The van der Waals surface area contributed by atoms with E-state index < -0.39 is 0 Å². The Balaban J connectivity index is 0.00000242. The highest BCUT2D eigenvalue weighted by Crippen LogP contribution is 2.46. The van der Waals surface area contributed by atoms with Crippen molar-refractivity contribution in [3.8, 4) is 0 Å². The van der Waals surface area contributed by atoms with Crippen LogP contribution in [-0.4, -0.2) is 38.8 Å². The first-order valence-electron chi connectivity index (χ1n) is 7.60. The molecule has 2 unspecified atom stereocenters. The Hall–Kier alpha value is -0.820. The molecule has 22 heavy (non-hydrogen) atoms. The second kappa shape index (κ2) is 8.72. The van der Waals surface area contributed by atoms with E-state index in [9.17, 15) is 0 Å². The van der Waals surface area contributed by atoms with Gasteiger partial charge in [0, 0.05) is 27.2 Å². The lowest BCUT2D eigenvalue weighted by molar-refractivity contribution is 0.0268. The van der Waals surface area contributed by atoms with Gasteiger partial charge in [-0.25, -0.2) is 0 Å². The Bertz CT molecular complexity index is 476. The zero-order valence-corrected chi connectivity index (χ0v) is 16.3. The molecule has 4 nitrogen and oxygen atoms in total. The standard InChI is InChI=1S/C17H27N3O.HI/c1-17(2,21-4)12-20-16(18-3)19-11-14-10-15(14)13-8-6-5-7-9-13;/h5-9,14-15H,10-12H2,1-4H3,(H2,18,19,20);1H. The van der Waals surface area contributed by atoms with Gasteiger partial charge in [0.1, 0.15) is 0 Å². The van der Waals surface area contributed by atoms with E-state index in [2.05, 4.69) is 59.8 Å². The van der Waals surface area contributed by atoms with Crippen molar-refractivity contribution in [1.82, 2.24) is 10.6 Å². The molecule has 1 aliphatic rings. The number of nitrogens with one attached hydrogen (secondary N) is 2. The summed E-state index contributed by atoms with van der Waals surface area (Å²) in [4.78, 5) is 4.26. The molecule has 0 aromatic heterocycles. The van der Waals surface area contributed by atoms with Crippen LogP contribution >= 0.6 is 24.0 Å². The number of guanidine groups is 1. The number of ether oxygens (including phenoxy) is 1. The second-order valence-corrected chi connectivity index (χ2v) is 6.28. The van der Waals surface area contributed by atoms with Gasteiger partial charge >= 0.3 is 0 Å². The maximum atomic E-state index is 5.40. The quantitative estimate of drug-likeness (QED) is 0.425. The van der Waals surface area contributed by atoms with Crippen LogP contribution in [0.25, 0.3) is 0 Å². The van der Waals surface area contributed by atoms with Crippen molar-refractivity contribution in [2.24, 2.45) is 10.9 Å². The van der Waals surface area contributed by atoms with E-state index in [-0.39, 0.29) is 29.6 Å². The summed E-state index contributed by atoms with van der Waals surface area (Å²) in [6, 6.07) is 10.7. The second-order valence-electron chi connectivity index (χ2n) is 6.28. The van der Waals surface area contributed by atoms with Crippen LogP contribution in [0.3, 0.4) is 0 Å². The molecule has 2 rings (SSSR count). The zero-order chi connectivity index (χ0) is 15.3. The summed E-state index contributed by atoms with van der Waals surface area (Å²) in [5.41, 5.74) is 1.26. The first-order valence-corrected chi connectivity index (χ1v) is 7.60. The monoisotopic (exact) mass is 417 g/mol. The van der Waals surface area contributed by atoms with Crippen molar-refractivity contribution in [3.05, 3.63) is 35.9 Å². The van der Waals surface area contributed by atoms with E-state index in [1.54, 1.807) is 14.2 Å². The minimum absolute atomic E-state index is 0. The van der Waals surface area contributed by atoms with Crippen LogP contribution in [0.2, 0.25) is 0 Å². The first-order chi connectivity index (χ1) is 10.1. The molecule has 5 heteroatoms. The van der Waals surface area contributed by atoms with Crippen LogP contribution in [-0.2, 0) is 4.74 Å². The zero-order valence-electron chi connectivity index (χ0n) is 13.9. The number of nitrogens with zero attached hydrogens (tertiary/aromatic N) is 1. The number of aliphatic imine (C=N–C) groups is 1. The molecule has 0 saturated heterocycles. The molecule has 1 fully saturated rings. The lowest BCUT2D eigenvalue weighted by Crippen LogP contribution is -2.45. The average molecular weight is 417 g/mol. The molecule has 2 N–H and O–H groups in total. The molecule has 1 aromatic rings. The van der Waals surface area contributed by atoms with Crippen molar-refractivity contribution in [2.75, 3.05) is 27.2 Å². The van der Waals surface area contributed by atoms with Gasteiger partial charge in [-0.3, -0.25) is 4.99 Å². The SMILES string of the molecule is CN=C(NCC1CC1c1ccccc1)NCC(C)(C)OC.I. The van der Waals surface area contributed by atoms with Gasteiger partial charge in [0.05, 0.1) is 5.60 Å². The highest BCUT2D eigenvalue weighted by atomic mass is 127. The Morgan fingerprint density at radius 3 is 2.55 bits per heavy atom. The topological polar surface area (TPSA) is 45.7 Å². The van der Waals surface area contributed by atoms with Crippen molar-refractivity contribution in [1.29, 1.82) is 0 Å². The Kier molecular flexibility index (Phi) is 7.62. The summed E-state index contributed by atoms with van der Waals surface area (Å²) in [6.45, 7) is 5.81. The number of halogens is 1. The number of methoxy groups -OCH3 is 1. The van der Waals surface area contributed by atoms with E-state index in [1.807, 2.05) is 0 Å². The molecule has 2 atom stereocenters. The van der Waals surface area contributed by atoms with Gasteiger partial charge in [-0.2, -0.15) is 0 Å². The van der Waals surface area contributed by atoms with Crippen LogP contribution in [0, 0.1) is 5.92 Å². The Morgan fingerprint density at radius 2 is 1.95 bits per heavy atom. The molecule has 0 amide bonds. The molecular weight excluding hydrogens is 389 g/mol. The van der Waals surface area contributed by atoms with Gasteiger partial charge in [0.15, 0.2) is 5.96 Å². The molecule has 1 aromatic carbocycles. The van der Waals surface area contributed by atoms with Gasteiger partial charge < -0.3 is 15.4 Å². The molecule has 1 aliphatic carbocycles. The molecule has 0 spiro atoms. The number of benzene rings is 1. The summed E-state index contributed by atoms with van der Waals surface area (Å²) >= 11 is 0. The van der Waals surface area contributed by atoms with Crippen molar-refractivity contribution >= 4 is 29.9 Å². The highest BCUT2D eigenvalue weighted by Gasteiger charge is 2.37. The van der Waals surface area contributed by atoms with Crippen LogP contribution in [0.15, 0.2) is 35.3 Å². The van der Waals surface area contributed by atoms with E-state index in [0.29, 0.717) is 11.8 Å². The maximum absolute atomic E-state index is 5.40. The maximum Gasteiger partial charge on any atom is 0.191 e. The summed E-state index contributed by atoms with van der Waals surface area (Å²) in [6.07, 6.45) is 1.26. The van der Waals surface area contributed by atoms with Crippen LogP contribution in [0.4, 0.5) is 0 Å². The van der Waals surface area contributed by atoms with E-state index in [1.165, 1.54) is 12.0 Å².